The van der Waals surface area contributed by atoms with Crippen molar-refractivity contribution >= 4 is 22.9 Å². The average Bonchev–Trinajstić information content (AvgIpc) is 2.88. The predicted octanol–water partition coefficient (Wildman–Crippen LogP) is 2.41. The van der Waals surface area contributed by atoms with Gasteiger partial charge in [-0.05, 0) is 25.1 Å². The SMILES string of the molecule is CCN(C(=O)c1csc(CN)n1)c1cccc(F)c1. The van der Waals surface area contributed by atoms with E-state index in [0.29, 0.717) is 29.5 Å². The van der Waals surface area contributed by atoms with Crippen molar-refractivity contribution < 1.29 is 9.18 Å². The fourth-order valence-electron chi connectivity index (χ4n) is 1.73. The van der Waals surface area contributed by atoms with Crippen LogP contribution in [0, 0.1) is 5.82 Å². The number of nitrogens with zero attached hydrogens (tertiary/aromatic N) is 2. The van der Waals surface area contributed by atoms with Gasteiger partial charge in [-0.3, -0.25) is 4.79 Å². The normalized spacial score (nSPS) is 10.5. The lowest BCUT2D eigenvalue weighted by atomic mass is 10.2. The molecule has 4 nitrogen and oxygen atoms in total. The van der Waals surface area contributed by atoms with Gasteiger partial charge >= 0.3 is 0 Å². The first-order valence-electron chi connectivity index (χ1n) is 5.87. The molecule has 0 saturated heterocycles. The van der Waals surface area contributed by atoms with Crippen molar-refractivity contribution in [3.63, 3.8) is 0 Å². The summed E-state index contributed by atoms with van der Waals surface area (Å²) >= 11 is 1.35. The quantitative estimate of drug-likeness (QED) is 0.935. The monoisotopic (exact) mass is 279 g/mol. The molecule has 0 fully saturated rings. The highest BCUT2D eigenvalue weighted by atomic mass is 32.1. The minimum Gasteiger partial charge on any atom is -0.325 e. The molecule has 0 bridgehead atoms. The molecule has 0 radical (unpaired) electrons. The Balaban J connectivity index is 2.29. The third-order valence-corrected chi connectivity index (χ3v) is 3.50. The summed E-state index contributed by atoms with van der Waals surface area (Å²) in [5.74, 6) is -0.617. The standard InChI is InChI=1S/C13H14FN3OS/c1-2-17(10-5-3-4-9(14)6-10)13(18)11-8-19-12(7-15)16-11/h3-6,8H,2,7,15H2,1H3. The number of nitrogens with two attached hydrogens (primary N) is 1. The van der Waals surface area contributed by atoms with Gasteiger partial charge < -0.3 is 10.6 Å². The van der Waals surface area contributed by atoms with Crippen LogP contribution in [0.2, 0.25) is 0 Å². The maximum Gasteiger partial charge on any atom is 0.277 e. The van der Waals surface area contributed by atoms with E-state index in [0.717, 1.165) is 0 Å². The van der Waals surface area contributed by atoms with Crippen LogP contribution in [0.4, 0.5) is 10.1 Å². The molecule has 1 aromatic carbocycles. The molecule has 2 aromatic rings. The number of thiazole rings is 1. The topological polar surface area (TPSA) is 59.2 Å². The number of benzene rings is 1. The molecule has 0 atom stereocenters. The van der Waals surface area contributed by atoms with Gasteiger partial charge in [0.2, 0.25) is 0 Å². The highest BCUT2D eigenvalue weighted by Gasteiger charge is 2.19. The first kappa shape index (κ1) is 13.6. The molecule has 0 spiro atoms. The number of rotatable bonds is 4. The van der Waals surface area contributed by atoms with E-state index in [4.69, 9.17) is 5.73 Å². The zero-order valence-electron chi connectivity index (χ0n) is 10.5. The van der Waals surface area contributed by atoms with Crippen LogP contribution in [0.1, 0.15) is 22.4 Å². The van der Waals surface area contributed by atoms with Gasteiger partial charge in [-0.25, -0.2) is 9.37 Å². The van der Waals surface area contributed by atoms with Crippen molar-refractivity contribution in [1.29, 1.82) is 0 Å². The number of halogens is 1. The third-order valence-electron chi connectivity index (χ3n) is 2.63. The van der Waals surface area contributed by atoms with Gasteiger partial charge in [-0.15, -0.1) is 11.3 Å². The highest BCUT2D eigenvalue weighted by molar-refractivity contribution is 7.09. The molecule has 1 aromatic heterocycles. The Morgan fingerprint density at radius 3 is 2.89 bits per heavy atom. The smallest absolute Gasteiger partial charge is 0.277 e. The van der Waals surface area contributed by atoms with E-state index in [-0.39, 0.29) is 11.7 Å². The molecule has 2 N–H and O–H groups in total. The third kappa shape index (κ3) is 2.97. The molecular weight excluding hydrogens is 265 g/mol. The Hall–Kier alpha value is -1.79. The summed E-state index contributed by atoms with van der Waals surface area (Å²) in [5.41, 5.74) is 6.34. The van der Waals surface area contributed by atoms with Crippen LogP contribution in [-0.4, -0.2) is 17.4 Å². The molecular formula is C13H14FN3OS. The molecule has 0 unspecified atom stereocenters. The van der Waals surface area contributed by atoms with Crippen LogP contribution in [0.25, 0.3) is 0 Å². The van der Waals surface area contributed by atoms with Crippen molar-refractivity contribution in [3.05, 3.63) is 46.2 Å². The predicted molar refractivity (Wildman–Crippen MR) is 73.8 cm³/mol. The molecule has 1 heterocycles. The lowest BCUT2D eigenvalue weighted by Crippen LogP contribution is -2.31. The summed E-state index contributed by atoms with van der Waals surface area (Å²) in [6.07, 6.45) is 0. The fraction of sp³-hybridized carbons (Fsp3) is 0.231. The molecule has 0 aliphatic carbocycles. The average molecular weight is 279 g/mol. The van der Waals surface area contributed by atoms with Crippen LogP contribution in [0.15, 0.2) is 29.6 Å². The van der Waals surface area contributed by atoms with Gasteiger partial charge in [0.05, 0.1) is 0 Å². The number of hydrogen-bond donors (Lipinski definition) is 1. The van der Waals surface area contributed by atoms with Crippen LogP contribution >= 0.6 is 11.3 Å². The van der Waals surface area contributed by atoms with E-state index in [9.17, 15) is 9.18 Å². The lowest BCUT2D eigenvalue weighted by molar-refractivity contribution is 0.0984. The van der Waals surface area contributed by atoms with Crippen LogP contribution in [0.3, 0.4) is 0 Å². The minimum atomic E-state index is -0.371. The maximum absolute atomic E-state index is 13.2. The molecule has 0 aliphatic heterocycles. The van der Waals surface area contributed by atoms with Gasteiger partial charge in [0, 0.05) is 24.2 Å². The first-order chi connectivity index (χ1) is 9.15. The Kier molecular flexibility index (Phi) is 4.24. The largest absolute Gasteiger partial charge is 0.325 e. The van der Waals surface area contributed by atoms with Gasteiger partial charge in [-0.2, -0.15) is 0 Å². The van der Waals surface area contributed by atoms with Gasteiger partial charge in [0.15, 0.2) is 0 Å². The Bertz CT molecular complexity index is 585. The van der Waals surface area contributed by atoms with Crippen molar-refractivity contribution in [2.24, 2.45) is 5.73 Å². The highest BCUT2D eigenvalue weighted by Crippen LogP contribution is 2.19. The zero-order chi connectivity index (χ0) is 13.8. The van der Waals surface area contributed by atoms with Gasteiger partial charge in [-0.1, -0.05) is 6.07 Å². The molecule has 1 amide bonds. The van der Waals surface area contributed by atoms with E-state index in [1.165, 1.54) is 28.4 Å². The number of anilines is 1. The van der Waals surface area contributed by atoms with Crippen LogP contribution in [-0.2, 0) is 6.54 Å². The molecule has 19 heavy (non-hydrogen) atoms. The molecule has 100 valence electrons. The number of aromatic nitrogens is 1. The number of carbonyl (C=O) groups is 1. The summed E-state index contributed by atoms with van der Waals surface area (Å²) < 4.78 is 13.2. The van der Waals surface area contributed by atoms with Crippen molar-refractivity contribution in [2.75, 3.05) is 11.4 Å². The summed E-state index contributed by atoms with van der Waals surface area (Å²) in [7, 11) is 0. The van der Waals surface area contributed by atoms with Crippen LogP contribution < -0.4 is 10.6 Å². The number of hydrogen-bond acceptors (Lipinski definition) is 4. The van der Waals surface area contributed by atoms with E-state index in [2.05, 4.69) is 4.98 Å². The second kappa shape index (κ2) is 5.90. The zero-order valence-corrected chi connectivity index (χ0v) is 11.3. The van der Waals surface area contributed by atoms with E-state index in [1.807, 2.05) is 6.92 Å². The summed E-state index contributed by atoms with van der Waals surface area (Å²) in [4.78, 5) is 18.0. The van der Waals surface area contributed by atoms with Crippen molar-refractivity contribution in [2.45, 2.75) is 13.5 Å². The summed E-state index contributed by atoms with van der Waals surface area (Å²) in [6, 6.07) is 5.95. The fourth-order valence-corrected chi connectivity index (χ4v) is 2.38. The number of amides is 1. The molecule has 0 saturated carbocycles. The first-order valence-corrected chi connectivity index (χ1v) is 6.75. The van der Waals surface area contributed by atoms with Gasteiger partial charge in [0.1, 0.15) is 16.5 Å². The second-order valence-electron chi connectivity index (χ2n) is 3.86. The Morgan fingerprint density at radius 1 is 1.53 bits per heavy atom. The molecule has 2 rings (SSSR count). The summed E-state index contributed by atoms with van der Waals surface area (Å²) in [5, 5.41) is 2.38. The Morgan fingerprint density at radius 2 is 2.32 bits per heavy atom. The summed E-state index contributed by atoms with van der Waals surface area (Å²) in [6.45, 7) is 2.58. The molecule has 6 heteroatoms. The number of carbonyl (C=O) groups excluding carboxylic acids is 1. The van der Waals surface area contributed by atoms with E-state index >= 15 is 0 Å². The molecule has 0 aliphatic rings. The van der Waals surface area contributed by atoms with Crippen LogP contribution in [0.5, 0.6) is 0 Å². The minimum absolute atomic E-state index is 0.246. The van der Waals surface area contributed by atoms with Crippen molar-refractivity contribution in [3.8, 4) is 0 Å². The van der Waals surface area contributed by atoms with E-state index in [1.54, 1.807) is 17.5 Å². The Labute approximate surface area is 114 Å². The second-order valence-corrected chi connectivity index (χ2v) is 4.80. The lowest BCUT2D eigenvalue weighted by Gasteiger charge is -2.19. The van der Waals surface area contributed by atoms with Gasteiger partial charge in [0.25, 0.3) is 5.91 Å². The van der Waals surface area contributed by atoms with Crippen molar-refractivity contribution in [1.82, 2.24) is 4.98 Å². The van der Waals surface area contributed by atoms with E-state index < -0.39 is 0 Å². The maximum atomic E-state index is 13.2.